The molecule has 0 atom stereocenters. The number of furan rings is 1. The quantitative estimate of drug-likeness (QED) is 0.818. The predicted molar refractivity (Wildman–Crippen MR) is 79.9 cm³/mol. The van der Waals surface area contributed by atoms with Crippen LogP contribution in [0, 0.1) is 0 Å². The number of hydrogen-bond donors (Lipinski definition) is 1. The first-order chi connectivity index (χ1) is 9.78. The van der Waals surface area contributed by atoms with Crippen molar-refractivity contribution in [2.24, 2.45) is 0 Å². The van der Waals surface area contributed by atoms with Crippen LogP contribution in [0.15, 0.2) is 41.0 Å². The van der Waals surface area contributed by atoms with Crippen LogP contribution in [0.4, 0.5) is 11.4 Å². The summed E-state index contributed by atoms with van der Waals surface area (Å²) in [5.74, 6) is 1.74. The summed E-state index contributed by atoms with van der Waals surface area (Å²) in [5.41, 5.74) is 7.77. The van der Waals surface area contributed by atoms with Gasteiger partial charge < -0.3 is 19.8 Å². The highest BCUT2D eigenvalue weighted by Crippen LogP contribution is 2.36. The van der Waals surface area contributed by atoms with Crippen molar-refractivity contribution in [1.29, 1.82) is 0 Å². The molecule has 0 saturated heterocycles. The molecule has 4 nitrogen and oxygen atoms in total. The smallest absolute Gasteiger partial charge is 0.144 e. The van der Waals surface area contributed by atoms with Crippen molar-refractivity contribution in [1.82, 2.24) is 0 Å². The maximum absolute atomic E-state index is 5.94. The zero-order chi connectivity index (χ0) is 13.9. The van der Waals surface area contributed by atoms with E-state index in [-0.39, 0.29) is 0 Å². The third-order valence-electron chi connectivity index (χ3n) is 3.52. The Morgan fingerprint density at radius 3 is 2.85 bits per heavy atom. The van der Waals surface area contributed by atoms with Gasteiger partial charge in [0.05, 0.1) is 25.1 Å². The maximum Gasteiger partial charge on any atom is 0.144 e. The molecule has 1 heterocycles. The average molecular weight is 272 g/mol. The summed E-state index contributed by atoms with van der Waals surface area (Å²) >= 11 is 0. The Labute approximate surface area is 119 Å². The zero-order valence-electron chi connectivity index (χ0n) is 11.7. The monoisotopic (exact) mass is 272 g/mol. The fraction of sp³-hybridized carbons (Fsp3) is 0.375. The van der Waals surface area contributed by atoms with Crippen LogP contribution in [0.3, 0.4) is 0 Å². The standard InChI is InChI=1S/C16H20N2O2/c1-2-19-16-10-13(7-8-15(16)17)18(12-5-6-12)11-14-4-3-9-20-14/h3-4,7-10,12H,2,5-6,11,17H2,1H3. The molecule has 0 radical (unpaired) electrons. The average Bonchev–Trinajstić information content (AvgIpc) is 3.16. The normalized spacial score (nSPS) is 14.2. The Bertz CT molecular complexity index is 562. The Morgan fingerprint density at radius 1 is 1.35 bits per heavy atom. The lowest BCUT2D eigenvalue weighted by Gasteiger charge is -2.24. The van der Waals surface area contributed by atoms with Crippen LogP contribution in [-0.4, -0.2) is 12.6 Å². The highest BCUT2D eigenvalue weighted by molar-refractivity contribution is 5.63. The Morgan fingerprint density at radius 2 is 2.20 bits per heavy atom. The minimum atomic E-state index is 0.596. The number of benzene rings is 1. The number of ether oxygens (including phenoxy) is 1. The molecule has 1 aliphatic rings. The third kappa shape index (κ3) is 2.74. The SMILES string of the molecule is CCOc1cc(N(Cc2ccco2)C2CC2)ccc1N. The van der Waals surface area contributed by atoms with Crippen LogP contribution in [0.25, 0.3) is 0 Å². The molecule has 4 heteroatoms. The highest BCUT2D eigenvalue weighted by atomic mass is 16.5. The minimum Gasteiger partial charge on any atom is -0.492 e. The van der Waals surface area contributed by atoms with Gasteiger partial charge in [0, 0.05) is 17.8 Å². The van der Waals surface area contributed by atoms with Crippen LogP contribution in [0.1, 0.15) is 25.5 Å². The first kappa shape index (κ1) is 12.9. The maximum atomic E-state index is 5.94. The van der Waals surface area contributed by atoms with Gasteiger partial charge in [0.1, 0.15) is 11.5 Å². The largest absolute Gasteiger partial charge is 0.492 e. The van der Waals surface area contributed by atoms with Gasteiger partial charge in [-0.3, -0.25) is 0 Å². The van der Waals surface area contributed by atoms with Crippen molar-refractivity contribution in [3.8, 4) is 5.75 Å². The lowest BCUT2D eigenvalue weighted by Crippen LogP contribution is -2.24. The number of hydrogen-bond acceptors (Lipinski definition) is 4. The van der Waals surface area contributed by atoms with Gasteiger partial charge in [-0.2, -0.15) is 0 Å². The van der Waals surface area contributed by atoms with E-state index in [9.17, 15) is 0 Å². The molecule has 0 bridgehead atoms. The van der Waals surface area contributed by atoms with E-state index in [1.807, 2.05) is 31.2 Å². The van der Waals surface area contributed by atoms with Crippen molar-refractivity contribution in [2.75, 3.05) is 17.2 Å². The molecular weight excluding hydrogens is 252 g/mol. The molecule has 3 rings (SSSR count). The Balaban J connectivity index is 1.85. The number of nitrogen functional groups attached to an aromatic ring is 1. The summed E-state index contributed by atoms with van der Waals surface area (Å²) in [5, 5.41) is 0. The molecule has 20 heavy (non-hydrogen) atoms. The molecule has 0 amide bonds. The van der Waals surface area contributed by atoms with Gasteiger partial charge in [0.25, 0.3) is 0 Å². The molecule has 2 aromatic rings. The van der Waals surface area contributed by atoms with Gasteiger partial charge in [0.2, 0.25) is 0 Å². The van der Waals surface area contributed by atoms with Crippen molar-refractivity contribution >= 4 is 11.4 Å². The third-order valence-corrected chi connectivity index (χ3v) is 3.52. The molecule has 106 valence electrons. The van der Waals surface area contributed by atoms with E-state index >= 15 is 0 Å². The van der Waals surface area contributed by atoms with E-state index in [1.54, 1.807) is 6.26 Å². The second-order valence-electron chi connectivity index (χ2n) is 5.09. The Hall–Kier alpha value is -2.10. The van der Waals surface area contributed by atoms with Gasteiger partial charge in [0.15, 0.2) is 0 Å². The van der Waals surface area contributed by atoms with E-state index in [4.69, 9.17) is 14.9 Å². The van der Waals surface area contributed by atoms with E-state index in [1.165, 1.54) is 12.8 Å². The van der Waals surface area contributed by atoms with Gasteiger partial charge in [-0.15, -0.1) is 0 Å². The molecule has 2 N–H and O–H groups in total. The number of nitrogens with two attached hydrogens (primary N) is 1. The van der Waals surface area contributed by atoms with Gasteiger partial charge in [-0.05, 0) is 44.0 Å². The lowest BCUT2D eigenvalue weighted by atomic mass is 10.2. The van der Waals surface area contributed by atoms with E-state index in [0.29, 0.717) is 18.3 Å². The van der Waals surface area contributed by atoms with Gasteiger partial charge in [-0.1, -0.05) is 0 Å². The molecule has 0 unspecified atom stereocenters. The van der Waals surface area contributed by atoms with E-state index < -0.39 is 0 Å². The molecule has 0 spiro atoms. The molecule has 0 aliphatic heterocycles. The van der Waals surface area contributed by atoms with E-state index in [0.717, 1.165) is 23.7 Å². The van der Waals surface area contributed by atoms with Crippen molar-refractivity contribution in [3.05, 3.63) is 42.4 Å². The second-order valence-corrected chi connectivity index (χ2v) is 5.09. The summed E-state index contributed by atoms with van der Waals surface area (Å²) in [7, 11) is 0. The van der Waals surface area contributed by atoms with Crippen LogP contribution < -0.4 is 15.4 Å². The Kier molecular flexibility index (Phi) is 3.54. The first-order valence-corrected chi connectivity index (χ1v) is 7.09. The fourth-order valence-electron chi connectivity index (χ4n) is 2.37. The van der Waals surface area contributed by atoms with Crippen molar-refractivity contribution in [2.45, 2.75) is 32.4 Å². The molecular formula is C16H20N2O2. The predicted octanol–water partition coefficient (Wildman–Crippen LogP) is 3.43. The molecule has 1 aromatic heterocycles. The number of anilines is 2. The summed E-state index contributed by atoms with van der Waals surface area (Å²) in [4.78, 5) is 2.36. The highest BCUT2D eigenvalue weighted by Gasteiger charge is 2.30. The molecule has 1 aromatic carbocycles. The second kappa shape index (κ2) is 5.49. The number of rotatable bonds is 6. The molecule has 1 saturated carbocycles. The van der Waals surface area contributed by atoms with Crippen molar-refractivity contribution < 1.29 is 9.15 Å². The fourth-order valence-corrected chi connectivity index (χ4v) is 2.37. The summed E-state index contributed by atoms with van der Waals surface area (Å²) < 4.78 is 11.1. The summed E-state index contributed by atoms with van der Waals surface area (Å²) in [6, 6.07) is 10.5. The summed E-state index contributed by atoms with van der Waals surface area (Å²) in [6.07, 6.45) is 4.18. The van der Waals surface area contributed by atoms with Gasteiger partial charge >= 0.3 is 0 Å². The molecule has 1 fully saturated rings. The minimum absolute atomic E-state index is 0.596. The number of nitrogens with zero attached hydrogens (tertiary/aromatic N) is 1. The summed E-state index contributed by atoms with van der Waals surface area (Å²) in [6.45, 7) is 3.37. The van der Waals surface area contributed by atoms with E-state index in [2.05, 4.69) is 11.0 Å². The molecule has 1 aliphatic carbocycles. The van der Waals surface area contributed by atoms with Crippen LogP contribution in [0.2, 0.25) is 0 Å². The first-order valence-electron chi connectivity index (χ1n) is 7.09. The van der Waals surface area contributed by atoms with Crippen LogP contribution in [0.5, 0.6) is 5.75 Å². The van der Waals surface area contributed by atoms with Crippen molar-refractivity contribution in [3.63, 3.8) is 0 Å². The topological polar surface area (TPSA) is 51.6 Å². The van der Waals surface area contributed by atoms with Crippen LogP contribution in [-0.2, 0) is 6.54 Å². The van der Waals surface area contributed by atoms with Crippen LogP contribution >= 0.6 is 0 Å². The lowest BCUT2D eigenvalue weighted by molar-refractivity contribution is 0.342. The van der Waals surface area contributed by atoms with Gasteiger partial charge in [-0.25, -0.2) is 0 Å². The zero-order valence-corrected chi connectivity index (χ0v) is 11.7.